The first-order chi connectivity index (χ1) is 7.11. The number of aliphatic hydroxyl groups excluding tert-OH is 1. The van der Waals surface area contributed by atoms with Gasteiger partial charge in [-0.3, -0.25) is 14.5 Å². The van der Waals surface area contributed by atoms with Gasteiger partial charge in [-0.1, -0.05) is 12.2 Å². The first-order valence-corrected chi connectivity index (χ1v) is 5.29. The second kappa shape index (κ2) is 3.77. The lowest BCUT2D eigenvalue weighted by Crippen LogP contribution is -2.36. The molecule has 0 unspecified atom stereocenters. The molecule has 0 radical (unpaired) electrons. The molecule has 4 nitrogen and oxygen atoms in total. The summed E-state index contributed by atoms with van der Waals surface area (Å²) in [5, 5.41) is 9.22. The molecule has 0 saturated carbocycles. The summed E-state index contributed by atoms with van der Waals surface area (Å²) in [6.07, 6.45) is 4.58. The van der Waals surface area contributed by atoms with Crippen LogP contribution in [0.4, 0.5) is 0 Å². The van der Waals surface area contributed by atoms with Crippen molar-refractivity contribution in [2.45, 2.75) is 25.9 Å². The number of β-amino-alcohol motifs (C(OH)–C–C–N with tert-alkyl or cyclic N) is 1. The molecule has 0 aromatic carbocycles. The van der Waals surface area contributed by atoms with E-state index in [1.54, 1.807) is 6.92 Å². The number of fused-ring (bicyclic) bond motifs is 1. The molecule has 0 aromatic rings. The summed E-state index contributed by atoms with van der Waals surface area (Å²) in [6, 6.07) is 0. The molecule has 0 spiro atoms. The van der Waals surface area contributed by atoms with Crippen LogP contribution in [0.25, 0.3) is 0 Å². The van der Waals surface area contributed by atoms with E-state index in [-0.39, 0.29) is 30.2 Å². The summed E-state index contributed by atoms with van der Waals surface area (Å²) in [6.45, 7) is 1.71. The van der Waals surface area contributed by atoms with Gasteiger partial charge in [0, 0.05) is 0 Å². The molecule has 0 bridgehead atoms. The van der Waals surface area contributed by atoms with Crippen molar-refractivity contribution in [1.82, 2.24) is 4.90 Å². The third kappa shape index (κ3) is 1.69. The maximum Gasteiger partial charge on any atom is 0.233 e. The fraction of sp³-hybridized carbons (Fsp3) is 0.636. The van der Waals surface area contributed by atoms with E-state index in [4.69, 9.17) is 0 Å². The normalized spacial score (nSPS) is 32.0. The minimum atomic E-state index is -0.647. The Kier molecular flexibility index (Phi) is 2.61. The van der Waals surface area contributed by atoms with Crippen molar-refractivity contribution in [3.05, 3.63) is 12.2 Å². The van der Waals surface area contributed by atoms with Crippen LogP contribution in [-0.4, -0.2) is 34.5 Å². The maximum atomic E-state index is 11.8. The van der Waals surface area contributed by atoms with Crippen molar-refractivity contribution in [2.75, 3.05) is 6.54 Å². The largest absolute Gasteiger partial charge is 0.392 e. The van der Waals surface area contributed by atoms with E-state index >= 15 is 0 Å². The predicted molar refractivity (Wildman–Crippen MR) is 53.8 cm³/mol. The average molecular weight is 209 g/mol. The SMILES string of the molecule is C[C@@H](O)CN1C(=O)[C@H]2CC=CC[C@@H]2C1=O. The van der Waals surface area contributed by atoms with E-state index in [0.29, 0.717) is 12.8 Å². The molecule has 1 heterocycles. The standard InChI is InChI=1S/C11H15NO3/c1-7(13)6-12-10(14)8-4-2-3-5-9(8)11(12)15/h2-3,7-9,13H,4-6H2,1H3/t7-,8+,9+/m1/s1. The number of nitrogens with zero attached hydrogens (tertiary/aromatic N) is 1. The number of rotatable bonds is 2. The quantitative estimate of drug-likeness (QED) is 0.526. The van der Waals surface area contributed by atoms with E-state index in [1.807, 2.05) is 12.2 Å². The highest BCUT2D eigenvalue weighted by molar-refractivity contribution is 6.05. The summed E-state index contributed by atoms with van der Waals surface area (Å²) in [7, 11) is 0. The van der Waals surface area contributed by atoms with Crippen LogP contribution in [-0.2, 0) is 9.59 Å². The Bertz CT molecular complexity index is 296. The van der Waals surface area contributed by atoms with Gasteiger partial charge in [-0.15, -0.1) is 0 Å². The number of likely N-dealkylation sites (tertiary alicyclic amines) is 1. The lowest BCUT2D eigenvalue weighted by molar-refractivity contribution is -0.141. The van der Waals surface area contributed by atoms with Gasteiger partial charge < -0.3 is 5.11 Å². The van der Waals surface area contributed by atoms with E-state index in [0.717, 1.165) is 0 Å². The molecule has 1 aliphatic carbocycles. The summed E-state index contributed by atoms with van der Waals surface area (Å²) < 4.78 is 0. The van der Waals surface area contributed by atoms with Gasteiger partial charge in [-0.25, -0.2) is 0 Å². The molecular weight excluding hydrogens is 194 g/mol. The maximum absolute atomic E-state index is 11.8. The third-order valence-corrected chi connectivity index (χ3v) is 3.05. The lowest BCUT2D eigenvalue weighted by Gasteiger charge is -2.16. The van der Waals surface area contributed by atoms with Crippen molar-refractivity contribution < 1.29 is 14.7 Å². The molecule has 15 heavy (non-hydrogen) atoms. The first-order valence-electron chi connectivity index (χ1n) is 5.29. The number of carbonyl (C=O) groups is 2. The van der Waals surface area contributed by atoms with Gasteiger partial charge in [0.2, 0.25) is 11.8 Å². The Hall–Kier alpha value is -1.16. The highest BCUT2D eigenvalue weighted by Gasteiger charge is 2.47. The van der Waals surface area contributed by atoms with Gasteiger partial charge in [0.05, 0.1) is 24.5 Å². The van der Waals surface area contributed by atoms with Crippen LogP contribution in [0.15, 0.2) is 12.2 Å². The monoisotopic (exact) mass is 209 g/mol. The molecule has 2 aliphatic rings. The molecule has 1 fully saturated rings. The van der Waals surface area contributed by atoms with Gasteiger partial charge in [0.15, 0.2) is 0 Å². The van der Waals surface area contributed by atoms with Crippen LogP contribution in [0.3, 0.4) is 0 Å². The Morgan fingerprint density at radius 1 is 1.33 bits per heavy atom. The molecule has 3 atom stereocenters. The fourth-order valence-corrected chi connectivity index (χ4v) is 2.31. The van der Waals surface area contributed by atoms with Crippen molar-refractivity contribution in [2.24, 2.45) is 11.8 Å². The second-order valence-corrected chi connectivity index (χ2v) is 4.29. The number of carbonyl (C=O) groups excluding carboxylic acids is 2. The smallest absolute Gasteiger partial charge is 0.233 e. The Balaban J connectivity index is 2.17. The van der Waals surface area contributed by atoms with E-state index < -0.39 is 6.10 Å². The molecule has 1 saturated heterocycles. The van der Waals surface area contributed by atoms with Crippen LogP contribution in [0, 0.1) is 11.8 Å². The predicted octanol–water partition coefficient (Wildman–Crippen LogP) is 0.318. The lowest BCUT2D eigenvalue weighted by atomic mass is 9.85. The highest BCUT2D eigenvalue weighted by atomic mass is 16.3. The van der Waals surface area contributed by atoms with E-state index in [9.17, 15) is 14.7 Å². The number of hydrogen-bond donors (Lipinski definition) is 1. The van der Waals surface area contributed by atoms with Crippen LogP contribution in [0.2, 0.25) is 0 Å². The minimum Gasteiger partial charge on any atom is -0.392 e. The molecule has 82 valence electrons. The molecular formula is C11H15NO3. The number of imide groups is 1. The summed E-state index contributed by atoms with van der Waals surface area (Å²) in [4.78, 5) is 24.9. The molecule has 1 N–H and O–H groups in total. The Morgan fingerprint density at radius 3 is 2.20 bits per heavy atom. The molecule has 4 heteroatoms. The van der Waals surface area contributed by atoms with Gasteiger partial charge in [0.1, 0.15) is 0 Å². The number of hydrogen-bond acceptors (Lipinski definition) is 3. The second-order valence-electron chi connectivity index (χ2n) is 4.29. The third-order valence-electron chi connectivity index (χ3n) is 3.05. The average Bonchev–Trinajstić information content (AvgIpc) is 2.44. The van der Waals surface area contributed by atoms with Crippen molar-refractivity contribution in [1.29, 1.82) is 0 Å². The van der Waals surface area contributed by atoms with Crippen LogP contribution < -0.4 is 0 Å². The molecule has 2 rings (SSSR count). The summed E-state index contributed by atoms with van der Waals surface area (Å²) in [5.41, 5.74) is 0. The highest BCUT2D eigenvalue weighted by Crippen LogP contribution is 2.34. The molecule has 2 amide bonds. The van der Waals surface area contributed by atoms with Gasteiger partial charge in [0.25, 0.3) is 0 Å². The summed E-state index contributed by atoms with van der Waals surface area (Å²) in [5.74, 6) is -0.590. The van der Waals surface area contributed by atoms with Crippen molar-refractivity contribution in [3.63, 3.8) is 0 Å². The van der Waals surface area contributed by atoms with Crippen LogP contribution in [0.5, 0.6) is 0 Å². The zero-order valence-electron chi connectivity index (χ0n) is 8.72. The zero-order chi connectivity index (χ0) is 11.0. The first kappa shape index (κ1) is 10.4. The van der Waals surface area contributed by atoms with E-state index in [2.05, 4.69) is 0 Å². The number of aliphatic hydroxyl groups is 1. The van der Waals surface area contributed by atoms with Gasteiger partial charge >= 0.3 is 0 Å². The van der Waals surface area contributed by atoms with Gasteiger partial charge in [-0.2, -0.15) is 0 Å². The Morgan fingerprint density at radius 2 is 1.80 bits per heavy atom. The zero-order valence-corrected chi connectivity index (χ0v) is 8.72. The number of amides is 2. The topological polar surface area (TPSA) is 57.6 Å². The van der Waals surface area contributed by atoms with Gasteiger partial charge in [-0.05, 0) is 19.8 Å². The fourth-order valence-electron chi connectivity index (χ4n) is 2.31. The Labute approximate surface area is 88.6 Å². The van der Waals surface area contributed by atoms with Crippen LogP contribution >= 0.6 is 0 Å². The molecule has 0 aromatic heterocycles. The van der Waals surface area contributed by atoms with Crippen molar-refractivity contribution in [3.8, 4) is 0 Å². The summed E-state index contributed by atoms with van der Waals surface area (Å²) >= 11 is 0. The number of allylic oxidation sites excluding steroid dienone is 2. The van der Waals surface area contributed by atoms with Crippen LogP contribution in [0.1, 0.15) is 19.8 Å². The minimum absolute atomic E-state index is 0.116. The van der Waals surface area contributed by atoms with E-state index in [1.165, 1.54) is 4.90 Å². The molecule has 1 aliphatic heterocycles. The van der Waals surface area contributed by atoms with Crippen molar-refractivity contribution >= 4 is 11.8 Å².